The summed E-state index contributed by atoms with van der Waals surface area (Å²) in [6.45, 7) is 0.732. The predicted molar refractivity (Wildman–Crippen MR) is 97.3 cm³/mol. The molecule has 0 aromatic carbocycles. The molecule has 1 aromatic heterocycles. The van der Waals surface area contributed by atoms with Crippen molar-refractivity contribution in [3.8, 4) is 5.88 Å². The summed E-state index contributed by atoms with van der Waals surface area (Å²) in [6, 6.07) is 4.63. The number of nitrogens with zero attached hydrogens (tertiary/aromatic N) is 2. The Labute approximate surface area is 145 Å². The van der Waals surface area contributed by atoms with Gasteiger partial charge in [-0.3, -0.25) is 4.99 Å². The van der Waals surface area contributed by atoms with E-state index in [-0.39, 0.29) is 0 Å². The van der Waals surface area contributed by atoms with E-state index in [1.807, 2.05) is 25.4 Å². The average molecular weight is 330 g/mol. The number of hydrogen-bond acceptors (Lipinski definition) is 3. The Morgan fingerprint density at radius 3 is 2.67 bits per heavy atom. The molecule has 2 aliphatic rings. The molecule has 0 aliphatic heterocycles. The van der Waals surface area contributed by atoms with E-state index < -0.39 is 0 Å². The standard InChI is InChI=1S/C19H30N4O/c1-20-19(23-16-7-3-2-4-8-16)22-14-15-11-12-21-18(13-15)24-17-9-5-6-10-17/h11-13,16-17H,2-10,14H2,1H3,(H2,20,22,23). The van der Waals surface area contributed by atoms with Crippen molar-refractivity contribution >= 4 is 5.96 Å². The summed E-state index contributed by atoms with van der Waals surface area (Å²) in [6.07, 6.45) is 13.5. The maximum absolute atomic E-state index is 5.99. The molecule has 5 heteroatoms. The minimum atomic E-state index is 0.349. The molecule has 1 heterocycles. The normalized spacial score (nSPS) is 20.1. The first-order valence-corrected chi connectivity index (χ1v) is 9.42. The van der Waals surface area contributed by atoms with Crippen molar-refractivity contribution in [2.75, 3.05) is 7.05 Å². The molecule has 2 N–H and O–H groups in total. The van der Waals surface area contributed by atoms with Crippen LogP contribution in [0.5, 0.6) is 5.88 Å². The number of guanidine groups is 1. The summed E-state index contributed by atoms with van der Waals surface area (Å²) in [5.74, 6) is 1.63. The Morgan fingerprint density at radius 1 is 1.17 bits per heavy atom. The van der Waals surface area contributed by atoms with Gasteiger partial charge in [-0.2, -0.15) is 0 Å². The molecule has 0 spiro atoms. The van der Waals surface area contributed by atoms with Gasteiger partial charge in [0.25, 0.3) is 0 Å². The molecule has 3 rings (SSSR count). The Balaban J connectivity index is 1.49. The zero-order valence-electron chi connectivity index (χ0n) is 14.8. The minimum Gasteiger partial charge on any atom is -0.474 e. The monoisotopic (exact) mass is 330 g/mol. The molecule has 0 unspecified atom stereocenters. The van der Waals surface area contributed by atoms with E-state index in [0.29, 0.717) is 12.1 Å². The van der Waals surface area contributed by atoms with Crippen molar-refractivity contribution in [1.29, 1.82) is 0 Å². The van der Waals surface area contributed by atoms with Gasteiger partial charge in [-0.1, -0.05) is 19.3 Å². The van der Waals surface area contributed by atoms with Gasteiger partial charge in [0.1, 0.15) is 6.10 Å². The molecule has 2 fully saturated rings. The number of hydrogen-bond donors (Lipinski definition) is 2. The fourth-order valence-corrected chi connectivity index (χ4v) is 3.62. The predicted octanol–water partition coefficient (Wildman–Crippen LogP) is 3.40. The zero-order chi connectivity index (χ0) is 16.6. The van der Waals surface area contributed by atoms with Crippen LogP contribution < -0.4 is 15.4 Å². The third kappa shape index (κ3) is 5.11. The average Bonchev–Trinajstić information content (AvgIpc) is 3.13. The molecule has 0 radical (unpaired) electrons. The van der Waals surface area contributed by atoms with Crippen LogP contribution in [0.1, 0.15) is 63.4 Å². The van der Waals surface area contributed by atoms with Gasteiger partial charge in [-0.25, -0.2) is 4.98 Å². The lowest BCUT2D eigenvalue weighted by atomic mass is 9.96. The first-order valence-electron chi connectivity index (χ1n) is 9.42. The molecule has 2 aliphatic carbocycles. The fourth-order valence-electron chi connectivity index (χ4n) is 3.62. The number of aromatic nitrogens is 1. The van der Waals surface area contributed by atoms with E-state index in [2.05, 4.69) is 20.6 Å². The maximum atomic E-state index is 5.99. The highest BCUT2D eigenvalue weighted by Gasteiger charge is 2.17. The summed E-state index contributed by atoms with van der Waals surface area (Å²) in [7, 11) is 1.83. The van der Waals surface area contributed by atoms with E-state index in [9.17, 15) is 0 Å². The summed E-state index contributed by atoms with van der Waals surface area (Å²) >= 11 is 0. The van der Waals surface area contributed by atoms with Gasteiger partial charge < -0.3 is 15.4 Å². The second kappa shape index (κ2) is 8.90. The molecule has 0 bridgehead atoms. The van der Waals surface area contributed by atoms with Gasteiger partial charge in [0.15, 0.2) is 5.96 Å². The van der Waals surface area contributed by atoms with E-state index >= 15 is 0 Å². The second-order valence-electron chi connectivity index (χ2n) is 6.93. The lowest BCUT2D eigenvalue weighted by molar-refractivity contribution is 0.201. The maximum Gasteiger partial charge on any atom is 0.213 e. The fraction of sp³-hybridized carbons (Fsp3) is 0.684. The van der Waals surface area contributed by atoms with Crippen LogP contribution in [0.2, 0.25) is 0 Å². The minimum absolute atomic E-state index is 0.349. The van der Waals surface area contributed by atoms with Crippen molar-refractivity contribution in [3.05, 3.63) is 23.9 Å². The highest BCUT2D eigenvalue weighted by molar-refractivity contribution is 5.79. The molecule has 132 valence electrons. The zero-order valence-corrected chi connectivity index (χ0v) is 14.8. The van der Waals surface area contributed by atoms with Crippen LogP contribution in [0.25, 0.3) is 0 Å². The SMILES string of the molecule is CN=C(NCc1ccnc(OC2CCCC2)c1)NC1CCCCC1. The van der Waals surface area contributed by atoms with E-state index in [1.165, 1.54) is 50.5 Å². The van der Waals surface area contributed by atoms with Crippen molar-refractivity contribution in [3.63, 3.8) is 0 Å². The molecule has 0 atom stereocenters. The molecule has 0 saturated heterocycles. The Kier molecular flexibility index (Phi) is 6.33. The van der Waals surface area contributed by atoms with Gasteiger partial charge in [-0.15, -0.1) is 0 Å². The molecule has 2 saturated carbocycles. The van der Waals surface area contributed by atoms with Crippen molar-refractivity contribution in [1.82, 2.24) is 15.6 Å². The molecule has 24 heavy (non-hydrogen) atoms. The van der Waals surface area contributed by atoms with Crippen molar-refractivity contribution < 1.29 is 4.74 Å². The highest BCUT2D eigenvalue weighted by atomic mass is 16.5. The Hall–Kier alpha value is -1.78. The topological polar surface area (TPSA) is 58.5 Å². The highest BCUT2D eigenvalue weighted by Crippen LogP contribution is 2.23. The number of rotatable bonds is 5. The number of pyridine rings is 1. The number of nitrogens with one attached hydrogen (secondary N) is 2. The third-order valence-corrected chi connectivity index (χ3v) is 5.02. The van der Waals surface area contributed by atoms with E-state index in [0.717, 1.165) is 31.2 Å². The summed E-state index contributed by atoms with van der Waals surface area (Å²) in [5, 5.41) is 6.95. The molecule has 0 amide bonds. The summed E-state index contributed by atoms with van der Waals surface area (Å²) in [5.41, 5.74) is 1.17. The summed E-state index contributed by atoms with van der Waals surface area (Å²) in [4.78, 5) is 8.70. The van der Waals surface area contributed by atoms with Gasteiger partial charge in [0, 0.05) is 31.9 Å². The van der Waals surface area contributed by atoms with Crippen LogP contribution in [0.4, 0.5) is 0 Å². The van der Waals surface area contributed by atoms with Crippen molar-refractivity contribution in [2.24, 2.45) is 4.99 Å². The van der Waals surface area contributed by atoms with Crippen LogP contribution in [-0.2, 0) is 6.54 Å². The molecule has 1 aromatic rings. The molecular weight excluding hydrogens is 300 g/mol. The lowest BCUT2D eigenvalue weighted by Crippen LogP contribution is -2.43. The quantitative estimate of drug-likeness (QED) is 0.642. The first-order chi connectivity index (χ1) is 11.8. The van der Waals surface area contributed by atoms with Gasteiger partial charge in [-0.05, 0) is 50.2 Å². The number of ether oxygens (including phenoxy) is 1. The third-order valence-electron chi connectivity index (χ3n) is 5.02. The second-order valence-corrected chi connectivity index (χ2v) is 6.93. The van der Waals surface area contributed by atoms with Crippen LogP contribution in [0.3, 0.4) is 0 Å². The van der Waals surface area contributed by atoms with Crippen LogP contribution >= 0.6 is 0 Å². The van der Waals surface area contributed by atoms with Crippen LogP contribution in [-0.4, -0.2) is 30.1 Å². The number of aliphatic imine (C=N–C) groups is 1. The molecular formula is C19H30N4O. The smallest absolute Gasteiger partial charge is 0.213 e. The van der Waals surface area contributed by atoms with Gasteiger partial charge >= 0.3 is 0 Å². The Morgan fingerprint density at radius 2 is 1.92 bits per heavy atom. The first kappa shape index (κ1) is 17.1. The van der Waals surface area contributed by atoms with Crippen molar-refractivity contribution in [2.45, 2.75) is 76.5 Å². The van der Waals surface area contributed by atoms with E-state index in [4.69, 9.17) is 4.74 Å². The largest absolute Gasteiger partial charge is 0.474 e. The summed E-state index contributed by atoms with van der Waals surface area (Å²) < 4.78 is 5.99. The lowest BCUT2D eigenvalue weighted by Gasteiger charge is -2.25. The van der Waals surface area contributed by atoms with Crippen LogP contribution in [0, 0.1) is 0 Å². The molecule has 5 nitrogen and oxygen atoms in total. The van der Waals surface area contributed by atoms with Gasteiger partial charge in [0.2, 0.25) is 5.88 Å². The van der Waals surface area contributed by atoms with E-state index in [1.54, 1.807) is 0 Å². The van der Waals surface area contributed by atoms with Gasteiger partial charge in [0.05, 0.1) is 0 Å². The van der Waals surface area contributed by atoms with Crippen LogP contribution in [0.15, 0.2) is 23.3 Å². The Bertz CT molecular complexity index is 534.